The monoisotopic (exact) mass is 294 g/mol. The van der Waals surface area contributed by atoms with E-state index in [-0.39, 0.29) is 11.1 Å². The Morgan fingerprint density at radius 3 is 2.29 bits per heavy atom. The lowest BCUT2D eigenvalue weighted by Gasteiger charge is -2.17. The molecule has 3 N–H and O–H groups in total. The maximum atomic E-state index is 13.7. The number of halogens is 3. The Bertz CT molecular complexity index is 668. The minimum atomic E-state index is -0.916. The fourth-order valence-electron chi connectivity index (χ4n) is 2.05. The molecule has 0 heterocycles. The van der Waals surface area contributed by atoms with Crippen LogP contribution in [0.2, 0.25) is 0 Å². The summed E-state index contributed by atoms with van der Waals surface area (Å²) in [7, 11) is 0. The summed E-state index contributed by atoms with van der Waals surface area (Å²) in [6.07, 6.45) is 0. The van der Waals surface area contributed by atoms with Gasteiger partial charge in [-0.05, 0) is 37.3 Å². The van der Waals surface area contributed by atoms with Gasteiger partial charge in [-0.2, -0.15) is 0 Å². The van der Waals surface area contributed by atoms with Crippen molar-refractivity contribution in [3.8, 4) is 0 Å². The van der Waals surface area contributed by atoms with Crippen LogP contribution < -0.4 is 11.1 Å². The summed E-state index contributed by atoms with van der Waals surface area (Å²) in [6, 6.07) is 6.48. The van der Waals surface area contributed by atoms with Gasteiger partial charge in [-0.25, -0.2) is 13.2 Å². The second-order valence-electron chi connectivity index (χ2n) is 4.56. The average Bonchev–Trinajstić information content (AvgIpc) is 2.40. The van der Waals surface area contributed by atoms with Gasteiger partial charge in [-0.3, -0.25) is 4.79 Å². The molecule has 0 aliphatic heterocycles. The lowest BCUT2D eigenvalue weighted by Crippen LogP contribution is -2.15. The van der Waals surface area contributed by atoms with Gasteiger partial charge in [-0.1, -0.05) is 6.07 Å². The molecule has 1 atom stereocenters. The predicted octanol–water partition coefficient (Wildman–Crippen LogP) is 3.38. The Balaban J connectivity index is 2.30. The molecule has 2 aromatic carbocycles. The number of hydrogen-bond acceptors (Lipinski definition) is 2. The topological polar surface area (TPSA) is 55.1 Å². The minimum absolute atomic E-state index is 0.137. The molecule has 0 spiro atoms. The summed E-state index contributed by atoms with van der Waals surface area (Å²) in [5.41, 5.74) is 4.95. The average molecular weight is 294 g/mol. The third kappa shape index (κ3) is 3.16. The zero-order valence-corrected chi connectivity index (χ0v) is 11.2. The van der Waals surface area contributed by atoms with E-state index in [0.29, 0.717) is 5.69 Å². The molecule has 2 rings (SSSR count). The number of rotatable bonds is 4. The first-order valence-electron chi connectivity index (χ1n) is 6.20. The Morgan fingerprint density at radius 1 is 1.10 bits per heavy atom. The SMILES string of the molecule is CC(Nc1ccc(F)c(C(N)=O)c1)c1c(F)cccc1F. The lowest BCUT2D eigenvalue weighted by atomic mass is 10.1. The summed E-state index contributed by atoms with van der Waals surface area (Å²) in [5.74, 6) is -3.04. The lowest BCUT2D eigenvalue weighted by molar-refractivity contribution is 0.0996. The molecular weight excluding hydrogens is 281 g/mol. The molecule has 1 amide bonds. The van der Waals surface area contributed by atoms with E-state index in [9.17, 15) is 18.0 Å². The molecule has 0 bridgehead atoms. The standard InChI is InChI=1S/C15H13F3N2O/c1-8(14-12(17)3-2-4-13(14)18)20-9-5-6-11(16)10(7-9)15(19)21/h2-8,20H,1H3,(H2,19,21). The fraction of sp³-hybridized carbons (Fsp3) is 0.133. The van der Waals surface area contributed by atoms with Gasteiger partial charge in [0.1, 0.15) is 17.5 Å². The Morgan fingerprint density at radius 2 is 1.71 bits per heavy atom. The Labute approximate surface area is 119 Å². The van der Waals surface area contributed by atoms with Crippen LogP contribution in [-0.4, -0.2) is 5.91 Å². The first-order chi connectivity index (χ1) is 9.90. The van der Waals surface area contributed by atoms with Crippen LogP contribution in [-0.2, 0) is 0 Å². The molecule has 0 aliphatic rings. The van der Waals surface area contributed by atoms with Crippen LogP contribution in [0.4, 0.5) is 18.9 Å². The van der Waals surface area contributed by atoms with Gasteiger partial charge in [0.2, 0.25) is 0 Å². The molecule has 6 heteroatoms. The van der Waals surface area contributed by atoms with E-state index in [1.165, 1.54) is 18.2 Å². The highest BCUT2D eigenvalue weighted by molar-refractivity contribution is 5.94. The van der Waals surface area contributed by atoms with E-state index < -0.39 is 29.4 Å². The number of nitrogens with one attached hydrogen (secondary N) is 1. The number of hydrogen-bond donors (Lipinski definition) is 2. The van der Waals surface area contributed by atoms with Crippen LogP contribution in [0.3, 0.4) is 0 Å². The van der Waals surface area contributed by atoms with E-state index in [0.717, 1.165) is 18.2 Å². The maximum absolute atomic E-state index is 13.7. The Hall–Kier alpha value is -2.50. The molecule has 1 unspecified atom stereocenters. The molecule has 110 valence electrons. The van der Waals surface area contributed by atoms with Crippen molar-refractivity contribution in [3.05, 3.63) is 65.0 Å². The van der Waals surface area contributed by atoms with Gasteiger partial charge in [-0.15, -0.1) is 0 Å². The maximum Gasteiger partial charge on any atom is 0.251 e. The minimum Gasteiger partial charge on any atom is -0.378 e. The molecule has 0 aromatic heterocycles. The second-order valence-corrected chi connectivity index (χ2v) is 4.56. The van der Waals surface area contributed by atoms with Crippen molar-refractivity contribution in [3.63, 3.8) is 0 Å². The van der Waals surface area contributed by atoms with Crippen molar-refractivity contribution in [1.82, 2.24) is 0 Å². The van der Waals surface area contributed by atoms with E-state index in [2.05, 4.69) is 5.32 Å². The molecule has 0 saturated heterocycles. The molecule has 0 radical (unpaired) electrons. The van der Waals surface area contributed by atoms with Gasteiger partial charge >= 0.3 is 0 Å². The van der Waals surface area contributed by atoms with Gasteiger partial charge in [0, 0.05) is 11.3 Å². The van der Waals surface area contributed by atoms with Crippen molar-refractivity contribution < 1.29 is 18.0 Å². The molecule has 21 heavy (non-hydrogen) atoms. The molecule has 2 aromatic rings. The number of benzene rings is 2. The van der Waals surface area contributed by atoms with Crippen LogP contribution in [0.5, 0.6) is 0 Å². The van der Waals surface area contributed by atoms with Gasteiger partial charge in [0.25, 0.3) is 5.91 Å². The molecule has 0 fully saturated rings. The van der Waals surface area contributed by atoms with E-state index in [4.69, 9.17) is 5.73 Å². The van der Waals surface area contributed by atoms with Crippen molar-refractivity contribution >= 4 is 11.6 Å². The number of carbonyl (C=O) groups is 1. The van der Waals surface area contributed by atoms with Crippen molar-refractivity contribution in [2.75, 3.05) is 5.32 Å². The van der Waals surface area contributed by atoms with Crippen molar-refractivity contribution in [1.29, 1.82) is 0 Å². The first kappa shape index (κ1) is 14.9. The van der Waals surface area contributed by atoms with E-state index >= 15 is 0 Å². The fourth-order valence-corrected chi connectivity index (χ4v) is 2.05. The summed E-state index contributed by atoms with van der Waals surface area (Å²) in [5, 5.41) is 2.81. The van der Waals surface area contributed by atoms with E-state index in [1.807, 2.05) is 0 Å². The predicted molar refractivity (Wildman–Crippen MR) is 73.3 cm³/mol. The normalized spacial score (nSPS) is 12.0. The third-order valence-corrected chi connectivity index (χ3v) is 3.05. The summed E-state index contributed by atoms with van der Waals surface area (Å²) < 4.78 is 40.7. The summed E-state index contributed by atoms with van der Waals surface area (Å²) in [4.78, 5) is 11.1. The van der Waals surface area contributed by atoms with Crippen LogP contribution in [0, 0.1) is 17.5 Å². The number of amides is 1. The molecule has 3 nitrogen and oxygen atoms in total. The molecule has 0 aliphatic carbocycles. The zero-order chi connectivity index (χ0) is 15.6. The largest absolute Gasteiger partial charge is 0.378 e. The van der Waals surface area contributed by atoms with Crippen LogP contribution in [0.15, 0.2) is 36.4 Å². The highest BCUT2D eigenvalue weighted by Gasteiger charge is 2.17. The van der Waals surface area contributed by atoms with Crippen LogP contribution in [0.1, 0.15) is 28.9 Å². The summed E-state index contributed by atoms with van der Waals surface area (Å²) >= 11 is 0. The van der Waals surface area contributed by atoms with Crippen molar-refractivity contribution in [2.45, 2.75) is 13.0 Å². The molecule has 0 saturated carbocycles. The Kier molecular flexibility index (Phi) is 4.16. The first-order valence-corrected chi connectivity index (χ1v) is 6.20. The van der Waals surface area contributed by atoms with Crippen LogP contribution in [0.25, 0.3) is 0 Å². The smallest absolute Gasteiger partial charge is 0.251 e. The number of nitrogens with two attached hydrogens (primary N) is 1. The van der Waals surface area contributed by atoms with Gasteiger partial charge in [0.15, 0.2) is 0 Å². The highest BCUT2D eigenvalue weighted by Crippen LogP contribution is 2.25. The van der Waals surface area contributed by atoms with E-state index in [1.54, 1.807) is 6.92 Å². The highest BCUT2D eigenvalue weighted by atomic mass is 19.1. The number of anilines is 1. The second kappa shape index (κ2) is 5.87. The van der Waals surface area contributed by atoms with Crippen molar-refractivity contribution in [2.24, 2.45) is 5.73 Å². The zero-order valence-electron chi connectivity index (χ0n) is 11.2. The van der Waals surface area contributed by atoms with Crippen LogP contribution >= 0.6 is 0 Å². The summed E-state index contributed by atoms with van der Waals surface area (Å²) in [6.45, 7) is 1.55. The number of primary amides is 1. The molecular formula is C15H13F3N2O. The quantitative estimate of drug-likeness (QED) is 0.908. The van der Waals surface area contributed by atoms with Gasteiger partial charge in [0.05, 0.1) is 11.6 Å². The van der Waals surface area contributed by atoms with Gasteiger partial charge < -0.3 is 11.1 Å². The number of carbonyl (C=O) groups excluding carboxylic acids is 1. The third-order valence-electron chi connectivity index (χ3n) is 3.05.